The molecule has 0 radical (unpaired) electrons. The lowest BCUT2D eigenvalue weighted by molar-refractivity contribution is -0.121. The van der Waals surface area contributed by atoms with Gasteiger partial charge in [0.15, 0.2) is 0 Å². The van der Waals surface area contributed by atoms with Crippen LogP contribution < -0.4 is 10.6 Å². The van der Waals surface area contributed by atoms with Crippen molar-refractivity contribution in [3.63, 3.8) is 0 Å². The van der Waals surface area contributed by atoms with E-state index >= 15 is 0 Å². The van der Waals surface area contributed by atoms with Crippen LogP contribution in [0.5, 0.6) is 0 Å². The van der Waals surface area contributed by atoms with E-state index in [0.717, 1.165) is 26.1 Å². The fourth-order valence-electron chi connectivity index (χ4n) is 1.09. The van der Waals surface area contributed by atoms with Crippen LogP contribution in [0.2, 0.25) is 0 Å². The monoisotopic (exact) mass is 216 g/mol. The molecule has 0 saturated heterocycles. The van der Waals surface area contributed by atoms with Crippen LogP contribution >= 0.6 is 0 Å². The number of ether oxygens (including phenoxy) is 1. The quantitative estimate of drug-likeness (QED) is 0.560. The molecule has 0 aliphatic rings. The van der Waals surface area contributed by atoms with Crippen LogP contribution in [0.3, 0.4) is 0 Å². The van der Waals surface area contributed by atoms with E-state index in [4.69, 9.17) is 4.74 Å². The van der Waals surface area contributed by atoms with Gasteiger partial charge in [-0.1, -0.05) is 13.8 Å². The van der Waals surface area contributed by atoms with Gasteiger partial charge in [-0.2, -0.15) is 0 Å². The van der Waals surface area contributed by atoms with Crippen molar-refractivity contribution < 1.29 is 9.53 Å². The summed E-state index contributed by atoms with van der Waals surface area (Å²) >= 11 is 0. The Labute approximate surface area is 92.8 Å². The molecule has 0 aliphatic carbocycles. The summed E-state index contributed by atoms with van der Waals surface area (Å²) in [6.45, 7) is 7.30. The molecule has 1 amide bonds. The van der Waals surface area contributed by atoms with Crippen LogP contribution in [0.25, 0.3) is 0 Å². The lowest BCUT2D eigenvalue weighted by Crippen LogP contribution is -2.30. The SMILES string of the molecule is COCCNCCC(=O)NCCC(C)C. The molecule has 15 heavy (non-hydrogen) atoms. The minimum atomic E-state index is 0.126. The first kappa shape index (κ1) is 14.4. The number of rotatable bonds is 9. The molecule has 0 bridgehead atoms. The summed E-state index contributed by atoms with van der Waals surface area (Å²) < 4.78 is 4.88. The van der Waals surface area contributed by atoms with Gasteiger partial charge in [0.1, 0.15) is 0 Å². The first-order valence-electron chi connectivity index (χ1n) is 5.63. The zero-order chi connectivity index (χ0) is 11.5. The van der Waals surface area contributed by atoms with Gasteiger partial charge in [-0.05, 0) is 12.3 Å². The van der Waals surface area contributed by atoms with Crippen molar-refractivity contribution in [1.29, 1.82) is 0 Å². The summed E-state index contributed by atoms with van der Waals surface area (Å²) in [6.07, 6.45) is 1.59. The smallest absolute Gasteiger partial charge is 0.221 e. The third kappa shape index (κ3) is 11.3. The highest BCUT2D eigenvalue weighted by Gasteiger charge is 2.00. The number of methoxy groups -OCH3 is 1. The predicted molar refractivity (Wildman–Crippen MR) is 61.8 cm³/mol. The van der Waals surface area contributed by atoms with E-state index in [0.29, 0.717) is 18.9 Å². The molecule has 0 heterocycles. The maximum atomic E-state index is 11.3. The molecule has 0 unspecified atom stereocenters. The average Bonchev–Trinajstić information content (AvgIpc) is 2.17. The molecule has 0 spiro atoms. The van der Waals surface area contributed by atoms with Crippen LogP contribution in [0.1, 0.15) is 26.7 Å². The van der Waals surface area contributed by atoms with Crippen molar-refractivity contribution in [1.82, 2.24) is 10.6 Å². The molecule has 4 nitrogen and oxygen atoms in total. The molecule has 0 aromatic heterocycles. The minimum Gasteiger partial charge on any atom is -0.383 e. The lowest BCUT2D eigenvalue weighted by Gasteiger charge is -2.07. The molecule has 0 aromatic carbocycles. The zero-order valence-electron chi connectivity index (χ0n) is 10.1. The van der Waals surface area contributed by atoms with Gasteiger partial charge in [0.05, 0.1) is 6.61 Å². The van der Waals surface area contributed by atoms with Crippen LogP contribution in [-0.2, 0) is 9.53 Å². The standard InChI is InChI=1S/C11H24N2O2/c1-10(2)4-7-13-11(14)5-6-12-8-9-15-3/h10,12H,4-9H2,1-3H3,(H,13,14). The van der Waals surface area contributed by atoms with E-state index in [1.54, 1.807) is 7.11 Å². The van der Waals surface area contributed by atoms with Gasteiger partial charge < -0.3 is 15.4 Å². The molecule has 0 rings (SSSR count). The third-order valence-electron chi connectivity index (χ3n) is 2.06. The van der Waals surface area contributed by atoms with Crippen molar-refractivity contribution in [2.75, 3.05) is 33.4 Å². The molecule has 0 atom stereocenters. The van der Waals surface area contributed by atoms with E-state index in [2.05, 4.69) is 24.5 Å². The number of carbonyl (C=O) groups excluding carboxylic acids is 1. The van der Waals surface area contributed by atoms with Gasteiger partial charge in [-0.3, -0.25) is 4.79 Å². The van der Waals surface area contributed by atoms with E-state index < -0.39 is 0 Å². The second kappa shape index (κ2) is 9.93. The van der Waals surface area contributed by atoms with E-state index in [-0.39, 0.29) is 5.91 Å². The van der Waals surface area contributed by atoms with E-state index in [1.807, 2.05) is 0 Å². The molecule has 0 fully saturated rings. The normalized spacial score (nSPS) is 10.7. The topological polar surface area (TPSA) is 50.4 Å². The molecular formula is C11H24N2O2. The summed E-state index contributed by atoms with van der Waals surface area (Å²) in [5.41, 5.74) is 0. The Morgan fingerprint density at radius 3 is 2.60 bits per heavy atom. The van der Waals surface area contributed by atoms with Crippen molar-refractivity contribution in [3.8, 4) is 0 Å². The fraction of sp³-hybridized carbons (Fsp3) is 0.909. The Morgan fingerprint density at radius 1 is 1.27 bits per heavy atom. The highest BCUT2D eigenvalue weighted by Crippen LogP contribution is 1.96. The van der Waals surface area contributed by atoms with E-state index in [1.165, 1.54) is 0 Å². The van der Waals surface area contributed by atoms with Gasteiger partial charge in [0.2, 0.25) is 5.91 Å². The zero-order valence-corrected chi connectivity index (χ0v) is 10.1. The summed E-state index contributed by atoms with van der Waals surface area (Å²) in [5.74, 6) is 0.769. The largest absolute Gasteiger partial charge is 0.383 e. The fourth-order valence-corrected chi connectivity index (χ4v) is 1.09. The van der Waals surface area contributed by atoms with Crippen LogP contribution in [0, 0.1) is 5.92 Å². The van der Waals surface area contributed by atoms with Crippen LogP contribution in [0.15, 0.2) is 0 Å². The Morgan fingerprint density at radius 2 is 2.00 bits per heavy atom. The molecule has 90 valence electrons. The second-order valence-corrected chi connectivity index (χ2v) is 4.03. The summed E-state index contributed by atoms with van der Waals surface area (Å²) in [7, 11) is 1.67. The molecule has 0 aliphatic heterocycles. The summed E-state index contributed by atoms with van der Waals surface area (Å²) in [4.78, 5) is 11.3. The molecule has 2 N–H and O–H groups in total. The number of hydrogen-bond acceptors (Lipinski definition) is 3. The molecule has 0 saturated carbocycles. The van der Waals surface area contributed by atoms with Gasteiger partial charge in [0.25, 0.3) is 0 Å². The molecule has 4 heteroatoms. The first-order valence-corrected chi connectivity index (χ1v) is 5.63. The van der Waals surface area contributed by atoms with Crippen LogP contribution in [-0.4, -0.2) is 39.3 Å². The Bertz CT molecular complexity index is 161. The first-order chi connectivity index (χ1) is 7.16. The number of carbonyl (C=O) groups is 1. The maximum Gasteiger partial charge on any atom is 0.221 e. The Kier molecular flexibility index (Phi) is 9.52. The number of nitrogens with one attached hydrogen (secondary N) is 2. The van der Waals surface area contributed by atoms with Crippen molar-refractivity contribution >= 4 is 5.91 Å². The molecular weight excluding hydrogens is 192 g/mol. The summed E-state index contributed by atoms with van der Waals surface area (Å²) in [5, 5.41) is 6.03. The van der Waals surface area contributed by atoms with Crippen molar-refractivity contribution in [2.24, 2.45) is 5.92 Å². The Balaban J connectivity index is 3.19. The van der Waals surface area contributed by atoms with Gasteiger partial charge >= 0.3 is 0 Å². The second-order valence-electron chi connectivity index (χ2n) is 4.03. The number of hydrogen-bond donors (Lipinski definition) is 2. The minimum absolute atomic E-state index is 0.126. The predicted octanol–water partition coefficient (Wildman–Crippen LogP) is 0.775. The molecule has 0 aromatic rings. The maximum absolute atomic E-state index is 11.3. The highest BCUT2D eigenvalue weighted by atomic mass is 16.5. The third-order valence-corrected chi connectivity index (χ3v) is 2.06. The van der Waals surface area contributed by atoms with Gasteiger partial charge in [-0.15, -0.1) is 0 Å². The van der Waals surface area contributed by atoms with Crippen LogP contribution in [0.4, 0.5) is 0 Å². The average molecular weight is 216 g/mol. The van der Waals surface area contributed by atoms with E-state index in [9.17, 15) is 4.79 Å². The lowest BCUT2D eigenvalue weighted by atomic mass is 10.1. The highest BCUT2D eigenvalue weighted by molar-refractivity contribution is 5.75. The van der Waals surface area contributed by atoms with Gasteiger partial charge in [0, 0.05) is 33.2 Å². The summed E-state index contributed by atoms with van der Waals surface area (Å²) in [6, 6.07) is 0. The van der Waals surface area contributed by atoms with Crippen molar-refractivity contribution in [2.45, 2.75) is 26.7 Å². The van der Waals surface area contributed by atoms with Gasteiger partial charge in [-0.25, -0.2) is 0 Å². The number of amides is 1. The van der Waals surface area contributed by atoms with Crippen molar-refractivity contribution in [3.05, 3.63) is 0 Å². The Hall–Kier alpha value is -0.610.